The van der Waals surface area contributed by atoms with Crippen LogP contribution in [0.1, 0.15) is 46.3 Å². The van der Waals surface area contributed by atoms with E-state index >= 15 is 0 Å². The average Bonchev–Trinajstić information content (AvgIpc) is 2.68. The Kier molecular flexibility index (Phi) is 5.06. The van der Waals surface area contributed by atoms with Gasteiger partial charge in [0.25, 0.3) is 0 Å². The van der Waals surface area contributed by atoms with Gasteiger partial charge >= 0.3 is 6.09 Å². The smallest absolute Gasteiger partial charge is 0.413 e. The molecule has 2 atom stereocenters. The zero-order valence-corrected chi connectivity index (χ0v) is 15.7. The summed E-state index contributed by atoms with van der Waals surface area (Å²) in [4.78, 5) is 13.9. The van der Waals surface area contributed by atoms with E-state index in [4.69, 9.17) is 9.47 Å². The van der Waals surface area contributed by atoms with Gasteiger partial charge < -0.3 is 9.47 Å². The summed E-state index contributed by atoms with van der Waals surface area (Å²) in [7, 11) is 0. The number of halogens is 2. The van der Waals surface area contributed by atoms with Crippen molar-refractivity contribution in [3.05, 3.63) is 34.3 Å². The highest BCUT2D eigenvalue weighted by molar-refractivity contribution is 9.10. The highest BCUT2D eigenvalue weighted by Gasteiger charge is 2.51. The van der Waals surface area contributed by atoms with Crippen molar-refractivity contribution in [1.29, 1.82) is 0 Å². The number of amides is 1. The van der Waals surface area contributed by atoms with Gasteiger partial charge in [-0.15, -0.1) is 0 Å². The van der Waals surface area contributed by atoms with Crippen LogP contribution in [0.3, 0.4) is 0 Å². The number of benzene rings is 1. The molecule has 1 amide bonds. The molecule has 1 aliphatic heterocycles. The van der Waals surface area contributed by atoms with E-state index in [1.54, 1.807) is 34.6 Å². The fourth-order valence-corrected chi connectivity index (χ4v) is 3.00. The Morgan fingerprint density at radius 2 is 1.91 bits per heavy atom. The summed E-state index contributed by atoms with van der Waals surface area (Å²) in [5, 5.41) is 0. The second kappa shape index (κ2) is 6.40. The van der Waals surface area contributed by atoms with Crippen molar-refractivity contribution in [3.8, 4) is 0 Å². The lowest BCUT2D eigenvalue weighted by atomic mass is 10.0. The first-order valence-electron chi connectivity index (χ1n) is 7.57. The molecular formula is C17H23BrFNO3. The van der Waals surface area contributed by atoms with E-state index in [0.29, 0.717) is 0 Å². The molecule has 0 bridgehead atoms. The predicted octanol–water partition coefficient (Wildman–Crippen LogP) is 4.83. The maximum atomic E-state index is 13.8. The molecule has 0 aliphatic carbocycles. The number of hydrogen-bond donors (Lipinski definition) is 0. The standard InChI is InChI=1S/C17H23BrFNO3/c1-16(2,3)23-15(21)20-13(10-19)14(22-17(20,4)5)11-6-8-12(18)9-7-11/h6-9,13-14H,10H2,1-5H3. The normalized spacial score (nSPS) is 23.9. The van der Waals surface area contributed by atoms with Crippen molar-refractivity contribution in [2.45, 2.75) is 58.1 Å². The van der Waals surface area contributed by atoms with Crippen LogP contribution in [0.2, 0.25) is 0 Å². The molecule has 1 saturated heterocycles. The first-order chi connectivity index (χ1) is 10.5. The number of rotatable bonds is 2. The third-order valence-electron chi connectivity index (χ3n) is 3.62. The number of alkyl halides is 1. The molecule has 1 fully saturated rings. The minimum absolute atomic E-state index is 0.532. The zero-order valence-electron chi connectivity index (χ0n) is 14.1. The number of carbonyl (C=O) groups excluding carboxylic acids is 1. The van der Waals surface area contributed by atoms with Crippen LogP contribution in [0.25, 0.3) is 0 Å². The van der Waals surface area contributed by atoms with Gasteiger partial charge in [-0.05, 0) is 52.3 Å². The average molecular weight is 388 g/mol. The van der Waals surface area contributed by atoms with Crippen molar-refractivity contribution < 1.29 is 18.7 Å². The fraction of sp³-hybridized carbons (Fsp3) is 0.588. The van der Waals surface area contributed by atoms with Crippen molar-refractivity contribution in [2.24, 2.45) is 0 Å². The third kappa shape index (κ3) is 4.04. The summed E-state index contributed by atoms with van der Waals surface area (Å²) in [5.74, 6) is 0. The van der Waals surface area contributed by atoms with Gasteiger partial charge in [0.2, 0.25) is 0 Å². The fourth-order valence-electron chi connectivity index (χ4n) is 2.74. The van der Waals surface area contributed by atoms with Crippen LogP contribution in [0.15, 0.2) is 28.7 Å². The highest BCUT2D eigenvalue weighted by Crippen LogP contribution is 2.42. The van der Waals surface area contributed by atoms with Crippen molar-refractivity contribution >= 4 is 22.0 Å². The molecule has 1 aromatic carbocycles. The van der Waals surface area contributed by atoms with E-state index in [2.05, 4.69) is 15.9 Å². The molecule has 128 valence electrons. The van der Waals surface area contributed by atoms with E-state index in [0.717, 1.165) is 10.0 Å². The predicted molar refractivity (Wildman–Crippen MR) is 89.9 cm³/mol. The van der Waals surface area contributed by atoms with Crippen LogP contribution >= 0.6 is 15.9 Å². The Morgan fingerprint density at radius 3 is 2.39 bits per heavy atom. The number of hydrogen-bond acceptors (Lipinski definition) is 3. The molecule has 2 unspecified atom stereocenters. The molecule has 0 N–H and O–H groups in total. The van der Waals surface area contributed by atoms with Crippen LogP contribution in [-0.2, 0) is 9.47 Å². The summed E-state index contributed by atoms with van der Waals surface area (Å²) >= 11 is 3.38. The quantitative estimate of drug-likeness (QED) is 0.729. The van der Waals surface area contributed by atoms with Crippen molar-refractivity contribution in [2.75, 3.05) is 6.67 Å². The summed E-state index contributed by atoms with van der Waals surface area (Å²) in [6.45, 7) is 8.14. The minimum atomic E-state index is -0.948. The first kappa shape index (κ1) is 18.2. The maximum absolute atomic E-state index is 13.8. The van der Waals surface area contributed by atoms with Gasteiger partial charge in [0.15, 0.2) is 0 Å². The summed E-state index contributed by atoms with van der Waals surface area (Å²) in [6.07, 6.45) is -1.10. The van der Waals surface area contributed by atoms with Gasteiger partial charge in [0.1, 0.15) is 24.1 Å². The Hall–Kier alpha value is -1.14. The summed E-state index contributed by atoms with van der Waals surface area (Å²) in [5.41, 5.74) is -0.768. The van der Waals surface area contributed by atoms with Crippen LogP contribution in [0.5, 0.6) is 0 Å². The lowest BCUT2D eigenvalue weighted by Gasteiger charge is -2.34. The van der Waals surface area contributed by atoms with Gasteiger partial charge in [-0.1, -0.05) is 28.1 Å². The number of ether oxygens (including phenoxy) is 2. The largest absolute Gasteiger partial charge is 0.444 e. The van der Waals surface area contributed by atoms with E-state index in [-0.39, 0.29) is 0 Å². The van der Waals surface area contributed by atoms with E-state index in [1.165, 1.54) is 4.90 Å². The number of nitrogens with zero attached hydrogens (tertiary/aromatic N) is 1. The van der Waals surface area contributed by atoms with Crippen molar-refractivity contribution in [3.63, 3.8) is 0 Å². The van der Waals surface area contributed by atoms with E-state index < -0.39 is 36.2 Å². The van der Waals surface area contributed by atoms with Crippen LogP contribution < -0.4 is 0 Å². The van der Waals surface area contributed by atoms with Crippen LogP contribution in [0.4, 0.5) is 9.18 Å². The highest BCUT2D eigenvalue weighted by atomic mass is 79.9. The maximum Gasteiger partial charge on any atom is 0.413 e. The Balaban J connectivity index is 2.32. The molecule has 0 radical (unpaired) electrons. The molecule has 1 aromatic rings. The second-order valence-corrected chi connectivity index (χ2v) is 8.02. The zero-order chi connectivity index (χ0) is 17.4. The van der Waals surface area contributed by atoms with E-state index in [1.807, 2.05) is 24.3 Å². The SMILES string of the molecule is CC(C)(C)OC(=O)N1C(CF)C(c2ccc(Br)cc2)OC1(C)C. The Labute approximate surface area is 145 Å². The molecule has 0 saturated carbocycles. The molecule has 6 heteroatoms. The lowest BCUT2D eigenvalue weighted by molar-refractivity contribution is -0.0797. The van der Waals surface area contributed by atoms with Crippen LogP contribution in [-0.4, -0.2) is 35.0 Å². The molecule has 1 heterocycles. The minimum Gasteiger partial charge on any atom is -0.444 e. The van der Waals surface area contributed by atoms with E-state index in [9.17, 15) is 9.18 Å². The van der Waals surface area contributed by atoms with Crippen molar-refractivity contribution in [1.82, 2.24) is 4.90 Å². The van der Waals surface area contributed by atoms with Gasteiger partial charge in [0, 0.05) is 4.47 Å². The molecule has 0 spiro atoms. The molecule has 23 heavy (non-hydrogen) atoms. The monoisotopic (exact) mass is 387 g/mol. The molecule has 2 rings (SSSR count). The van der Waals surface area contributed by atoms with Gasteiger partial charge in [-0.2, -0.15) is 0 Å². The van der Waals surface area contributed by atoms with Crippen LogP contribution in [0, 0.1) is 0 Å². The molecule has 4 nitrogen and oxygen atoms in total. The summed E-state index contributed by atoms with van der Waals surface area (Å²) < 4.78 is 26.1. The Morgan fingerprint density at radius 1 is 1.35 bits per heavy atom. The van der Waals surface area contributed by atoms with Gasteiger partial charge in [-0.25, -0.2) is 9.18 Å². The molecule has 1 aliphatic rings. The summed E-state index contributed by atoms with van der Waals surface area (Å²) in [6, 6.07) is 6.76. The molecular weight excluding hydrogens is 365 g/mol. The first-order valence-corrected chi connectivity index (χ1v) is 8.36. The lowest BCUT2D eigenvalue weighted by Crippen LogP contribution is -2.50. The molecule has 0 aromatic heterocycles. The topological polar surface area (TPSA) is 38.8 Å². The Bertz CT molecular complexity index is 568. The van der Waals surface area contributed by atoms with Gasteiger partial charge in [0.05, 0.1) is 6.04 Å². The third-order valence-corrected chi connectivity index (χ3v) is 4.15. The number of carbonyl (C=O) groups is 1. The second-order valence-electron chi connectivity index (χ2n) is 7.11. The van der Waals surface area contributed by atoms with Gasteiger partial charge in [-0.3, -0.25) is 4.90 Å².